The second-order valence-corrected chi connectivity index (χ2v) is 8.06. The Bertz CT molecular complexity index is 1310. The molecule has 0 spiro atoms. The van der Waals surface area contributed by atoms with Gasteiger partial charge in [0.05, 0.1) is 43.7 Å². The van der Waals surface area contributed by atoms with Gasteiger partial charge in [0.2, 0.25) is 5.95 Å². The second-order valence-electron chi connectivity index (χ2n) is 8.06. The molecule has 1 saturated heterocycles. The number of methoxy groups -OCH3 is 1. The number of hydrogen-bond acceptors (Lipinski definition) is 7. The minimum absolute atomic E-state index is 0.0241. The molecule has 3 heterocycles. The second kappa shape index (κ2) is 9.14. The maximum Gasteiger partial charge on any atom is 0.226 e. The summed E-state index contributed by atoms with van der Waals surface area (Å²) in [6.07, 6.45) is 4.45. The molecule has 176 valence electrons. The maximum atomic E-state index is 14.5. The lowest BCUT2D eigenvalue weighted by Crippen LogP contribution is -2.15. The number of nitrogens with zero attached hydrogens (tertiary/aromatic N) is 5. The van der Waals surface area contributed by atoms with E-state index in [1.54, 1.807) is 37.3 Å². The van der Waals surface area contributed by atoms with Gasteiger partial charge < -0.3 is 24.1 Å². The molecule has 0 saturated carbocycles. The van der Waals surface area contributed by atoms with Crippen LogP contribution in [0.15, 0.2) is 48.9 Å². The highest BCUT2D eigenvalue weighted by molar-refractivity contribution is 5.65. The first-order valence-corrected chi connectivity index (χ1v) is 10.9. The Balaban J connectivity index is 1.39. The first-order valence-electron chi connectivity index (χ1n) is 10.9. The summed E-state index contributed by atoms with van der Waals surface area (Å²) in [5.41, 5.74) is 2.78. The minimum Gasteiger partial charge on any atom is -0.495 e. The number of imidazole rings is 1. The van der Waals surface area contributed by atoms with Crippen molar-refractivity contribution in [3.05, 3.63) is 60.4 Å². The summed E-state index contributed by atoms with van der Waals surface area (Å²) in [5, 5.41) is 7.52. The number of benzene rings is 2. The number of nitrogens with one attached hydrogen (secondary N) is 1. The van der Waals surface area contributed by atoms with Crippen molar-refractivity contribution in [1.82, 2.24) is 24.3 Å². The van der Waals surface area contributed by atoms with Crippen LogP contribution in [0.5, 0.6) is 11.5 Å². The van der Waals surface area contributed by atoms with Crippen molar-refractivity contribution in [2.45, 2.75) is 19.4 Å². The van der Waals surface area contributed by atoms with Crippen LogP contribution in [0.25, 0.3) is 17.1 Å². The standard InChI is InChI=1S/C24H25FN6O3/c1-15-12-31(14-26-15)21-7-4-16(10-22(21)32-3)23-28-24(30(2)29-23)27-20-11-17(5-6-19(20)25)34-18-8-9-33-13-18/h4-7,10-12,14,18H,8-9,13H2,1-3H3,(H,27,28,29). The van der Waals surface area contributed by atoms with Gasteiger partial charge in [-0.15, -0.1) is 5.10 Å². The number of ether oxygens (including phenoxy) is 3. The molecule has 0 aliphatic carbocycles. The highest BCUT2D eigenvalue weighted by Gasteiger charge is 2.19. The van der Waals surface area contributed by atoms with Crippen LogP contribution in [0.2, 0.25) is 0 Å². The molecule has 1 aliphatic heterocycles. The molecule has 0 bridgehead atoms. The Kier molecular flexibility index (Phi) is 5.89. The third-order valence-electron chi connectivity index (χ3n) is 5.57. The fourth-order valence-electron chi connectivity index (χ4n) is 3.79. The van der Waals surface area contributed by atoms with Gasteiger partial charge in [0.1, 0.15) is 23.4 Å². The molecular weight excluding hydrogens is 439 g/mol. The highest BCUT2D eigenvalue weighted by Crippen LogP contribution is 2.30. The zero-order valence-electron chi connectivity index (χ0n) is 19.2. The number of halogens is 1. The van der Waals surface area contributed by atoms with Gasteiger partial charge in [-0.1, -0.05) is 0 Å². The van der Waals surface area contributed by atoms with Gasteiger partial charge in [-0.3, -0.25) is 0 Å². The van der Waals surface area contributed by atoms with Crippen molar-refractivity contribution in [2.24, 2.45) is 7.05 Å². The molecule has 5 rings (SSSR count). The summed E-state index contributed by atoms with van der Waals surface area (Å²) >= 11 is 0. The average molecular weight is 465 g/mol. The zero-order chi connectivity index (χ0) is 23.7. The zero-order valence-corrected chi connectivity index (χ0v) is 19.2. The van der Waals surface area contributed by atoms with Gasteiger partial charge in [0, 0.05) is 31.3 Å². The summed E-state index contributed by atoms with van der Waals surface area (Å²) < 4.78 is 34.8. The fourth-order valence-corrected chi connectivity index (χ4v) is 3.79. The average Bonchev–Trinajstić information content (AvgIpc) is 3.58. The van der Waals surface area contributed by atoms with Crippen LogP contribution in [0.1, 0.15) is 12.1 Å². The number of anilines is 2. The van der Waals surface area contributed by atoms with Crippen molar-refractivity contribution < 1.29 is 18.6 Å². The number of aryl methyl sites for hydroxylation is 2. The Labute approximate surface area is 196 Å². The smallest absolute Gasteiger partial charge is 0.226 e. The third-order valence-corrected chi connectivity index (χ3v) is 5.57. The van der Waals surface area contributed by atoms with Gasteiger partial charge in [0.15, 0.2) is 5.82 Å². The van der Waals surface area contributed by atoms with Crippen LogP contribution in [-0.2, 0) is 11.8 Å². The molecular formula is C24H25FN6O3. The third kappa shape index (κ3) is 4.44. The summed E-state index contributed by atoms with van der Waals surface area (Å²) in [6.45, 7) is 3.14. The molecule has 1 aliphatic rings. The van der Waals surface area contributed by atoms with E-state index in [1.165, 1.54) is 6.07 Å². The number of rotatable bonds is 7. The fraction of sp³-hybridized carbons (Fsp3) is 0.292. The van der Waals surface area contributed by atoms with E-state index in [0.717, 1.165) is 23.4 Å². The first-order chi connectivity index (χ1) is 16.5. The maximum absolute atomic E-state index is 14.5. The SMILES string of the molecule is COc1cc(-c2nc(Nc3cc(OC4CCOC4)ccc3F)n(C)n2)ccc1-n1cnc(C)c1. The van der Waals surface area contributed by atoms with Gasteiger partial charge in [-0.05, 0) is 37.3 Å². The van der Waals surface area contributed by atoms with E-state index in [2.05, 4.69) is 20.4 Å². The molecule has 2 aromatic carbocycles. The van der Waals surface area contributed by atoms with Crippen LogP contribution in [0.3, 0.4) is 0 Å². The molecule has 10 heteroatoms. The van der Waals surface area contributed by atoms with Crippen molar-refractivity contribution >= 4 is 11.6 Å². The van der Waals surface area contributed by atoms with Gasteiger partial charge in [-0.25, -0.2) is 14.1 Å². The molecule has 1 unspecified atom stereocenters. The first kappa shape index (κ1) is 21.9. The van der Waals surface area contributed by atoms with Crippen molar-refractivity contribution in [1.29, 1.82) is 0 Å². The van der Waals surface area contributed by atoms with Crippen molar-refractivity contribution in [3.63, 3.8) is 0 Å². The Morgan fingerprint density at radius 3 is 2.82 bits per heavy atom. The monoisotopic (exact) mass is 464 g/mol. The van der Waals surface area contributed by atoms with E-state index in [4.69, 9.17) is 14.2 Å². The summed E-state index contributed by atoms with van der Waals surface area (Å²) in [6, 6.07) is 10.3. The molecule has 1 fully saturated rings. The predicted octanol–water partition coefficient (Wildman–Crippen LogP) is 4.04. The van der Waals surface area contributed by atoms with Crippen molar-refractivity contribution in [2.75, 3.05) is 25.6 Å². The molecule has 9 nitrogen and oxygen atoms in total. The van der Waals surface area contributed by atoms with Crippen LogP contribution in [-0.4, -0.2) is 50.7 Å². The Hall–Kier alpha value is -3.92. The van der Waals surface area contributed by atoms with Crippen molar-refractivity contribution in [3.8, 4) is 28.6 Å². The molecule has 34 heavy (non-hydrogen) atoms. The normalized spacial score (nSPS) is 15.5. The van der Waals surface area contributed by atoms with E-state index < -0.39 is 5.82 Å². The molecule has 0 radical (unpaired) electrons. The van der Waals surface area contributed by atoms with Crippen LogP contribution < -0.4 is 14.8 Å². The van der Waals surface area contributed by atoms with E-state index >= 15 is 0 Å². The van der Waals surface area contributed by atoms with E-state index in [1.807, 2.05) is 35.9 Å². The van der Waals surface area contributed by atoms with E-state index in [0.29, 0.717) is 36.5 Å². The number of hydrogen-bond donors (Lipinski definition) is 1. The summed E-state index contributed by atoms with van der Waals surface area (Å²) in [4.78, 5) is 8.84. The quantitative estimate of drug-likeness (QED) is 0.442. The van der Waals surface area contributed by atoms with Crippen LogP contribution >= 0.6 is 0 Å². The van der Waals surface area contributed by atoms with Gasteiger partial charge in [-0.2, -0.15) is 4.98 Å². The predicted molar refractivity (Wildman–Crippen MR) is 124 cm³/mol. The Morgan fingerprint density at radius 2 is 2.09 bits per heavy atom. The summed E-state index contributed by atoms with van der Waals surface area (Å²) in [5.74, 6) is 1.68. The molecule has 2 aromatic heterocycles. The van der Waals surface area contributed by atoms with Crippen LogP contribution in [0, 0.1) is 12.7 Å². The lowest BCUT2D eigenvalue weighted by atomic mass is 10.1. The van der Waals surface area contributed by atoms with Gasteiger partial charge in [0.25, 0.3) is 0 Å². The minimum atomic E-state index is -0.416. The number of aromatic nitrogens is 5. The largest absolute Gasteiger partial charge is 0.495 e. The van der Waals surface area contributed by atoms with Gasteiger partial charge >= 0.3 is 0 Å². The lowest BCUT2D eigenvalue weighted by Gasteiger charge is -2.13. The lowest BCUT2D eigenvalue weighted by molar-refractivity contribution is 0.141. The molecule has 0 amide bonds. The molecule has 4 aromatic rings. The molecule has 1 N–H and O–H groups in total. The molecule has 1 atom stereocenters. The Morgan fingerprint density at radius 1 is 1.21 bits per heavy atom. The van der Waals surface area contributed by atoms with E-state index in [9.17, 15) is 4.39 Å². The topological polar surface area (TPSA) is 88.3 Å². The highest BCUT2D eigenvalue weighted by atomic mass is 19.1. The van der Waals surface area contributed by atoms with E-state index in [-0.39, 0.29) is 11.8 Å². The summed E-state index contributed by atoms with van der Waals surface area (Å²) in [7, 11) is 3.35. The van der Waals surface area contributed by atoms with Crippen LogP contribution in [0.4, 0.5) is 16.0 Å².